The first kappa shape index (κ1) is 27.5. The molecule has 9 nitrogen and oxygen atoms in total. The molecule has 5 rings (SSSR count). The zero-order valence-electron chi connectivity index (χ0n) is 23.1. The van der Waals surface area contributed by atoms with Crippen LogP contribution in [0.2, 0.25) is 0 Å². The van der Waals surface area contributed by atoms with Crippen molar-refractivity contribution in [2.24, 2.45) is 0 Å². The third kappa shape index (κ3) is 6.41. The van der Waals surface area contributed by atoms with Crippen molar-refractivity contribution in [3.63, 3.8) is 0 Å². The molecule has 0 aliphatic carbocycles. The van der Waals surface area contributed by atoms with Gasteiger partial charge in [-0.3, -0.25) is 14.4 Å². The summed E-state index contributed by atoms with van der Waals surface area (Å²) < 4.78 is 10.5. The molecule has 0 saturated carbocycles. The molecule has 41 heavy (non-hydrogen) atoms. The Hall–Kier alpha value is -5.05. The number of ether oxygens (including phenoxy) is 1. The number of nitrogens with zero attached hydrogens (tertiary/aromatic N) is 3. The Morgan fingerprint density at radius 2 is 1.63 bits per heavy atom. The molecular weight excluding hydrogens is 520 g/mol. The van der Waals surface area contributed by atoms with Crippen molar-refractivity contribution in [3.8, 4) is 5.75 Å². The lowest BCUT2D eigenvalue weighted by Gasteiger charge is -2.37. The van der Waals surface area contributed by atoms with E-state index in [4.69, 9.17) is 9.15 Å². The average molecular weight is 553 g/mol. The normalized spacial score (nSPS) is 13.0. The predicted molar refractivity (Wildman–Crippen MR) is 156 cm³/mol. The molecule has 210 valence electrons. The number of carbonyl (C=O) groups excluding carboxylic acids is 3. The zero-order chi connectivity index (χ0) is 28.8. The fourth-order valence-electron chi connectivity index (χ4n) is 4.85. The van der Waals surface area contributed by atoms with Crippen LogP contribution in [0, 0.1) is 0 Å². The minimum absolute atomic E-state index is 0.148. The molecule has 0 unspecified atom stereocenters. The summed E-state index contributed by atoms with van der Waals surface area (Å²) in [6.45, 7) is 2.51. The van der Waals surface area contributed by atoms with Gasteiger partial charge in [0.1, 0.15) is 5.75 Å². The maximum Gasteiger partial charge on any atom is 0.289 e. The quantitative estimate of drug-likeness (QED) is 0.338. The van der Waals surface area contributed by atoms with Crippen molar-refractivity contribution in [2.45, 2.75) is 6.54 Å². The number of methoxy groups -OCH3 is 1. The molecular formula is C32H32N4O5. The second kappa shape index (κ2) is 12.4. The third-order valence-electron chi connectivity index (χ3n) is 7.09. The van der Waals surface area contributed by atoms with Crippen LogP contribution in [-0.2, 0) is 6.54 Å². The Morgan fingerprint density at radius 1 is 0.902 bits per heavy atom. The van der Waals surface area contributed by atoms with E-state index in [1.165, 1.54) is 6.26 Å². The topological polar surface area (TPSA) is 95.3 Å². The maximum absolute atomic E-state index is 13.8. The lowest BCUT2D eigenvalue weighted by molar-refractivity contribution is 0.0712. The Kier molecular flexibility index (Phi) is 8.34. The van der Waals surface area contributed by atoms with E-state index >= 15 is 0 Å². The van der Waals surface area contributed by atoms with Crippen LogP contribution in [0.3, 0.4) is 0 Å². The fraction of sp³-hybridized carbons (Fsp3) is 0.219. The van der Waals surface area contributed by atoms with Crippen LogP contribution in [0.5, 0.6) is 5.75 Å². The molecule has 0 bridgehead atoms. The van der Waals surface area contributed by atoms with E-state index in [9.17, 15) is 14.4 Å². The summed E-state index contributed by atoms with van der Waals surface area (Å²) in [7, 11) is 3.34. The molecule has 0 spiro atoms. The van der Waals surface area contributed by atoms with Gasteiger partial charge in [-0.05, 0) is 60.2 Å². The van der Waals surface area contributed by atoms with Crippen LogP contribution >= 0.6 is 0 Å². The van der Waals surface area contributed by atoms with Crippen molar-refractivity contribution < 1.29 is 23.5 Å². The molecule has 0 radical (unpaired) electrons. The SMILES string of the molecule is COc1ccc(C(=O)Nc2ccc(N3CCN(C(=O)c4ccco4)CC3)c(C(=O)N(C)Cc3ccccc3)c2)cc1. The number of carbonyl (C=O) groups is 3. The standard InChI is InChI=1S/C32H32N4O5/c1-34(22-23-7-4-3-5-8-23)31(38)27-21-25(33-30(37)24-10-13-26(40-2)14-11-24)12-15-28(27)35-16-18-36(19-17-35)32(39)29-9-6-20-41-29/h3-15,20-21H,16-19,22H2,1-2H3,(H,33,37). The second-order valence-electron chi connectivity index (χ2n) is 9.82. The van der Waals surface area contributed by atoms with Gasteiger partial charge in [0.25, 0.3) is 17.7 Å². The van der Waals surface area contributed by atoms with Crippen LogP contribution in [0.15, 0.2) is 95.6 Å². The number of hydrogen-bond donors (Lipinski definition) is 1. The predicted octanol–water partition coefficient (Wildman–Crippen LogP) is 4.78. The van der Waals surface area contributed by atoms with Crippen molar-refractivity contribution in [1.82, 2.24) is 9.80 Å². The van der Waals surface area contributed by atoms with Gasteiger partial charge < -0.3 is 29.2 Å². The number of piperazine rings is 1. The van der Waals surface area contributed by atoms with E-state index in [0.717, 1.165) is 11.3 Å². The largest absolute Gasteiger partial charge is 0.497 e. The van der Waals surface area contributed by atoms with E-state index in [0.29, 0.717) is 61.0 Å². The van der Waals surface area contributed by atoms with Gasteiger partial charge in [-0.2, -0.15) is 0 Å². The summed E-state index contributed by atoms with van der Waals surface area (Å²) in [4.78, 5) is 45.0. The number of benzene rings is 3. The molecule has 3 amide bonds. The summed E-state index contributed by atoms with van der Waals surface area (Å²) in [5, 5.41) is 2.92. The van der Waals surface area contributed by atoms with E-state index in [-0.39, 0.29) is 17.7 Å². The minimum atomic E-state index is -0.290. The molecule has 1 N–H and O–H groups in total. The Morgan fingerprint density at radius 3 is 2.29 bits per heavy atom. The third-order valence-corrected chi connectivity index (χ3v) is 7.09. The number of rotatable bonds is 8. The zero-order valence-corrected chi connectivity index (χ0v) is 23.1. The molecule has 1 aliphatic heterocycles. The molecule has 1 aliphatic rings. The summed E-state index contributed by atoms with van der Waals surface area (Å²) >= 11 is 0. The monoisotopic (exact) mass is 552 g/mol. The van der Waals surface area contributed by atoms with Gasteiger partial charge >= 0.3 is 0 Å². The Bertz CT molecular complexity index is 1500. The Labute approximate surface area is 238 Å². The van der Waals surface area contributed by atoms with Gasteiger partial charge in [0.05, 0.1) is 18.9 Å². The molecule has 1 saturated heterocycles. The van der Waals surface area contributed by atoms with Gasteiger partial charge in [-0.15, -0.1) is 0 Å². The second-order valence-corrected chi connectivity index (χ2v) is 9.82. The number of amides is 3. The summed E-state index contributed by atoms with van der Waals surface area (Å²) in [6, 6.07) is 25.3. The van der Waals surface area contributed by atoms with Crippen molar-refractivity contribution in [1.29, 1.82) is 0 Å². The molecule has 9 heteroatoms. The minimum Gasteiger partial charge on any atom is -0.497 e. The molecule has 1 aromatic heterocycles. The lowest BCUT2D eigenvalue weighted by atomic mass is 10.1. The van der Waals surface area contributed by atoms with Gasteiger partial charge in [-0.25, -0.2) is 0 Å². The highest BCUT2D eigenvalue weighted by Gasteiger charge is 2.27. The highest BCUT2D eigenvalue weighted by atomic mass is 16.5. The molecule has 3 aromatic carbocycles. The van der Waals surface area contributed by atoms with Crippen LogP contribution < -0.4 is 15.0 Å². The van der Waals surface area contributed by atoms with Crippen LogP contribution in [0.25, 0.3) is 0 Å². The van der Waals surface area contributed by atoms with Gasteiger partial charge in [0, 0.05) is 56.7 Å². The number of furan rings is 1. The van der Waals surface area contributed by atoms with E-state index in [1.807, 2.05) is 36.4 Å². The van der Waals surface area contributed by atoms with Gasteiger partial charge in [-0.1, -0.05) is 30.3 Å². The van der Waals surface area contributed by atoms with Crippen LogP contribution in [0.1, 0.15) is 36.8 Å². The average Bonchev–Trinajstić information content (AvgIpc) is 3.56. The smallest absolute Gasteiger partial charge is 0.289 e. The van der Waals surface area contributed by atoms with E-state index in [1.54, 1.807) is 72.5 Å². The van der Waals surface area contributed by atoms with Crippen molar-refractivity contribution in [2.75, 3.05) is 50.6 Å². The summed E-state index contributed by atoms with van der Waals surface area (Å²) in [5.41, 5.74) is 3.22. The van der Waals surface area contributed by atoms with Gasteiger partial charge in [0.2, 0.25) is 0 Å². The first-order valence-electron chi connectivity index (χ1n) is 13.4. The molecule has 0 atom stereocenters. The van der Waals surface area contributed by atoms with Crippen molar-refractivity contribution >= 4 is 29.1 Å². The molecule has 4 aromatic rings. The highest BCUT2D eigenvalue weighted by Crippen LogP contribution is 2.28. The number of hydrogen-bond acceptors (Lipinski definition) is 6. The van der Waals surface area contributed by atoms with E-state index in [2.05, 4.69) is 10.2 Å². The first-order valence-corrected chi connectivity index (χ1v) is 13.4. The molecule has 2 heterocycles. The lowest BCUT2D eigenvalue weighted by Crippen LogP contribution is -2.49. The first-order chi connectivity index (χ1) is 19.9. The maximum atomic E-state index is 13.8. The van der Waals surface area contributed by atoms with Crippen LogP contribution in [0.4, 0.5) is 11.4 Å². The Balaban J connectivity index is 1.37. The molecule has 1 fully saturated rings. The summed E-state index contributed by atoms with van der Waals surface area (Å²) in [6.07, 6.45) is 1.49. The summed E-state index contributed by atoms with van der Waals surface area (Å²) in [5.74, 6) is 0.366. The fourth-order valence-corrected chi connectivity index (χ4v) is 4.85. The number of anilines is 2. The van der Waals surface area contributed by atoms with Crippen LogP contribution in [-0.4, -0.2) is 67.9 Å². The van der Waals surface area contributed by atoms with E-state index < -0.39 is 0 Å². The number of nitrogens with one attached hydrogen (secondary N) is 1. The van der Waals surface area contributed by atoms with Gasteiger partial charge in [0.15, 0.2) is 5.76 Å². The highest BCUT2D eigenvalue weighted by molar-refractivity contribution is 6.06. The van der Waals surface area contributed by atoms with Crippen molar-refractivity contribution in [3.05, 3.63) is 114 Å².